The molecule has 3 heteroatoms. The van der Waals surface area contributed by atoms with E-state index in [1.54, 1.807) is 7.11 Å². The topological polar surface area (TPSA) is 27.7 Å². The molecule has 2 aliphatic heterocycles. The summed E-state index contributed by atoms with van der Waals surface area (Å²) in [5.41, 5.74) is 0. The Kier molecular flexibility index (Phi) is 1.64. The van der Waals surface area contributed by atoms with E-state index in [2.05, 4.69) is 0 Å². The summed E-state index contributed by atoms with van der Waals surface area (Å²) < 4.78 is 15.9. The van der Waals surface area contributed by atoms with Gasteiger partial charge in [0.25, 0.3) is 0 Å². The molecular weight excluding hydrogens is 132 g/mol. The molecule has 58 valence electrons. The van der Waals surface area contributed by atoms with Crippen LogP contribution in [0.4, 0.5) is 0 Å². The van der Waals surface area contributed by atoms with Gasteiger partial charge in [-0.2, -0.15) is 0 Å². The lowest BCUT2D eigenvalue weighted by atomic mass is 10.0. The fourth-order valence-electron chi connectivity index (χ4n) is 1.67. The van der Waals surface area contributed by atoms with E-state index in [-0.39, 0.29) is 12.4 Å². The normalized spacial score (nSPS) is 45.9. The van der Waals surface area contributed by atoms with Crippen LogP contribution in [0, 0.1) is 5.92 Å². The Morgan fingerprint density at radius 2 is 2.30 bits per heavy atom. The SMILES string of the molecule is COC1CO[C@H]2OCCC12. The lowest BCUT2D eigenvalue weighted by Gasteiger charge is -2.11. The third-order valence-corrected chi connectivity index (χ3v) is 2.29. The molecule has 3 atom stereocenters. The van der Waals surface area contributed by atoms with Gasteiger partial charge < -0.3 is 14.2 Å². The Morgan fingerprint density at radius 3 is 3.10 bits per heavy atom. The minimum atomic E-state index is 0.0324. The predicted molar refractivity (Wildman–Crippen MR) is 34.6 cm³/mol. The largest absolute Gasteiger partial charge is 0.379 e. The first-order valence-electron chi connectivity index (χ1n) is 3.68. The molecule has 2 aliphatic rings. The molecule has 0 N–H and O–H groups in total. The summed E-state index contributed by atoms with van der Waals surface area (Å²) in [6, 6.07) is 0. The Morgan fingerprint density at radius 1 is 1.40 bits per heavy atom. The van der Waals surface area contributed by atoms with Gasteiger partial charge >= 0.3 is 0 Å². The molecule has 0 bridgehead atoms. The minimum absolute atomic E-state index is 0.0324. The number of methoxy groups -OCH3 is 1. The highest BCUT2D eigenvalue weighted by Gasteiger charge is 2.41. The summed E-state index contributed by atoms with van der Waals surface area (Å²) in [4.78, 5) is 0. The van der Waals surface area contributed by atoms with Crippen LogP contribution in [0.5, 0.6) is 0 Å². The van der Waals surface area contributed by atoms with Crippen LogP contribution in [0.25, 0.3) is 0 Å². The van der Waals surface area contributed by atoms with Gasteiger partial charge in [-0.3, -0.25) is 0 Å². The van der Waals surface area contributed by atoms with Crippen molar-refractivity contribution in [3.63, 3.8) is 0 Å². The first-order valence-corrected chi connectivity index (χ1v) is 3.68. The van der Waals surface area contributed by atoms with Gasteiger partial charge in [-0.25, -0.2) is 0 Å². The molecule has 3 nitrogen and oxygen atoms in total. The van der Waals surface area contributed by atoms with Gasteiger partial charge in [-0.1, -0.05) is 0 Å². The molecule has 0 aromatic heterocycles. The van der Waals surface area contributed by atoms with Crippen molar-refractivity contribution in [2.45, 2.75) is 18.8 Å². The molecular formula is C7H12O3. The van der Waals surface area contributed by atoms with Crippen LogP contribution in [0.1, 0.15) is 6.42 Å². The highest BCUT2D eigenvalue weighted by Crippen LogP contribution is 2.32. The molecule has 2 heterocycles. The second-order valence-corrected chi connectivity index (χ2v) is 2.80. The van der Waals surface area contributed by atoms with Crippen molar-refractivity contribution in [3.8, 4) is 0 Å². The molecule has 0 radical (unpaired) electrons. The zero-order valence-electron chi connectivity index (χ0n) is 6.08. The van der Waals surface area contributed by atoms with Crippen LogP contribution in [0.15, 0.2) is 0 Å². The molecule has 10 heavy (non-hydrogen) atoms. The monoisotopic (exact) mass is 144 g/mol. The molecule has 2 rings (SSSR count). The van der Waals surface area contributed by atoms with Crippen molar-refractivity contribution in [1.82, 2.24) is 0 Å². The van der Waals surface area contributed by atoms with Crippen molar-refractivity contribution >= 4 is 0 Å². The maximum atomic E-state index is 5.33. The van der Waals surface area contributed by atoms with E-state index in [4.69, 9.17) is 14.2 Å². The number of fused-ring (bicyclic) bond motifs is 1. The molecule has 2 saturated heterocycles. The van der Waals surface area contributed by atoms with Crippen molar-refractivity contribution in [2.24, 2.45) is 5.92 Å². The first-order chi connectivity index (χ1) is 4.92. The molecule has 0 aliphatic carbocycles. The van der Waals surface area contributed by atoms with Gasteiger partial charge in [0, 0.05) is 13.0 Å². The van der Waals surface area contributed by atoms with Crippen LogP contribution in [0.3, 0.4) is 0 Å². The Balaban J connectivity index is 2.01. The van der Waals surface area contributed by atoms with Crippen LogP contribution in [-0.4, -0.2) is 32.7 Å². The Hall–Kier alpha value is -0.120. The van der Waals surface area contributed by atoms with Crippen LogP contribution < -0.4 is 0 Å². The fourth-order valence-corrected chi connectivity index (χ4v) is 1.67. The summed E-state index contributed by atoms with van der Waals surface area (Å²) in [5.74, 6) is 0.491. The Labute approximate surface area is 60.3 Å². The van der Waals surface area contributed by atoms with E-state index in [1.165, 1.54) is 0 Å². The molecule has 0 amide bonds. The van der Waals surface area contributed by atoms with Crippen molar-refractivity contribution in [3.05, 3.63) is 0 Å². The lowest BCUT2D eigenvalue weighted by molar-refractivity contribution is -0.0907. The summed E-state index contributed by atoms with van der Waals surface area (Å²) in [6.07, 6.45) is 1.39. The van der Waals surface area contributed by atoms with Gasteiger partial charge in [0.2, 0.25) is 0 Å². The number of hydrogen-bond acceptors (Lipinski definition) is 3. The third kappa shape index (κ3) is 0.856. The molecule has 0 aromatic carbocycles. The second kappa shape index (κ2) is 2.49. The fraction of sp³-hybridized carbons (Fsp3) is 1.00. The smallest absolute Gasteiger partial charge is 0.163 e. The van der Waals surface area contributed by atoms with E-state index < -0.39 is 0 Å². The average molecular weight is 144 g/mol. The second-order valence-electron chi connectivity index (χ2n) is 2.80. The molecule has 2 fully saturated rings. The third-order valence-electron chi connectivity index (χ3n) is 2.29. The average Bonchev–Trinajstić information content (AvgIpc) is 2.44. The maximum absolute atomic E-state index is 5.33. The maximum Gasteiger partial charge on any atom is 0.163 e. The van der Waals surface area contributed by atoms with Crippen molar-refractivity contribution in [1.29, 1.82) is 0 Å². The van der Waals surface area contributed by atoms with Crippen molar-refractivity contribution < 1.29 is 14.2 Å². The number of hydrogen-bond donors (Lipinski definition) is 0. The number of rotatable bonds is 1. The van der Waals surface area contributed by atoms with E-state index >= 15 is 0 Å². The zero-order chi connectivity index (χ0) is 6.97. The van der Waals surface area contributed by atoms with E-state index in [0.717, 1.165) is 13.0 Å². The van der Waals surface area contributed by atoms with Gasteiger partial charge in [-0.15, -0.1) is 0 Å². The lowest BCUT2D eigenvalue weighted by Crippen LogP contribution is -2.21. The highest BCUT2D eigenvalue weighted by atomic mass is 16.7. The predicted octanol–water partition coefficient (Wildman–Crippen LogP) is 0.394. The van der Waals surface area contributed by atoms with Gasteiger partial charge in [0.15, 0.2) is 6.29 Å². The summed E-state index contributed by atoms with van der Waals surface area (Å²) >= 11 is 0. The van der Waals surface area contributed by atoms with Gasteiger partial charge in [-0.05, 0) is 6.42 Å². The summed E-state index contributed by atoms with van der Waals surface area (Å²) in [5, 5.41) is 0. The van der Waals surface area contributed by atoms with Crippen LogP contribution in [0.2, 0.25) is 0 Å². The standard InChI is InChI=1S/C7H12O3/c1-8-6-4-10-7-5(6)2-3-9-7/h5-7H,2-4H2,1H3/t5?,6?,7-/m1/s1. The van der Waals surface area contributed by atoms with Gasteiger partial charge in [0.05, 0.1) is 19.3 Å². The van der Waals surface area contributed by atoms with Crippen molar-refractivity contribution in [2.75, 3.05) is 20.3 Å². The zero-order valence-corrected chi connectivity index (χ0v) is 6.08. The molecule has 2 unspecified atom stereocenters. The molecule has 0 spiro atoms. The van der Waals surface area contributed by atoms with Crippen LogP contribution >= 0.6 is 0 Å². The van der Waals surface area contributed by atoms with E-state index in [0.29, 0.717) is 12.5 Å². The summed E-state index contributed by atoms with van der Waals surface area (Å²) in [6.45, 7) is 1.53. The van der Waals surface area contributed by atoms with E-state index in [1.807, 2.05) is 0 Å². The minimum Gasteiger partial charge on any atom is -0.379 e. The molecule has 0 saturated carbocycles. The van der Waals surface area contributed by atoms with Gasteiger partial charge in [0.1, 0.15) is 0 Å². The quantitative estimate of drug-likeness (QED) is 0.533. The summed E-state index contributed by atoms with van der Waals surface area (Å²) in [7, 11) is 1.73. The molecule has 0 aromatic rings. The van der Waals surface area contributed by atoms with E-state index in [9.17, 15) is 0 Å². The highest BCUT2D eigenvalue weighted by molar-refractivity contribution is 4.83. The Bertz CT molecular complexity index is 126. The van der Waals surface area contributed by atoms with Crippen LogP contribution in [-0.2, 0) is 14.2 Å². The first kappa shape index (κ1) is 6.58. The number of ether oxygens (including phenoxy) is 3.